The molecule has 1 atom stereocenters. The number of carboxylic acid groups (broad SMARTS) is 1. The van der Waals surface area contributed by atoms with E-state index in [1.165, 1.54) is 11.1 Å². The summed E-state index contributed by atoms with van der Waals surface area (Å²) in [6.45, 7) is 0.771. The van der Waals surface area contributed by atoms with Crippen LogP contribution in [0.4, 0.5) is 4.79 Å². The van der Waals surface area contributed by atoms with Gasteiger partial charge in [0.05, 0.1) is 0 Å². The molecule has 0 aliphatic heterocycles. The Balaban J connectivity index is 1.30. The Labute approximate surface area is 205 Å². The van der Waals surface area contributed by atoms with Crippen LogP contribution in [0.2, 0.25) is 0 Å². The summed E-state index contributed by atoms with van der Waals surface area (Å²) in [4.78, 5) is 38.3. The second-order valence-corrected chi connectivity index (χ2v) is 9.93. The molecule has 0 radical (unpaired) electrons. The highest BCUT2D eigenvalue weighted by Crippen LogP contribution is 2.45. The molecule has 0 heterocycles. The van der Waals surface area contributed by atoms with E-state index < -0.39 is 18.1 Å². The molecule has 3 N–H and O–H groups in total. The zero-order valence-electron chi connectivity index (χ0n) is 20.3. The second-order valence-electron chi connectivity index (χ2n) is 9.93. The summed E-state index contributed by atoms with van der Waals surface area (Å²) < 4.78 is 5.61. The number of hydrogen-bond donors (Lipinski definition) is 3. The lowest BCUT2D eigenvalue weighted by atomic mass is 9.66. The Bertz CT molecular complexity index is 1050. The molecular formula is C27H33N3O5. The molecule has 186 valence electrons. The lowest BCUT2D eigenvalue weighted by Crippen LogP contribution is -2.50. The highest BCUT2D eigenvalue weighted by Gasteiger charge is 2.40. The maximum absolute atomic E-state index is 12.6. The minimum Gasteiger partial charge on any atom is -0.480 e. The normalized spacial score (nSPS) is 16.5. The Kier molecular flexibility index (Phi) is 7.40. The van der Waals surface area contributed by atoms with E-state index in [4.69, 9.17) is 4.74 Å². The maximum Gasteiger partial charge on any atom is 0.407 e. The van der Waals surface area contributed by atoms with Gasteiger partial charge in [-0.25, -0.2) is 9.59 Å². The molecule has 0 unspecified atom stereocenters. The number of alkyl carbamates (subject to hydrolysis) is 1. The van der Waals surface area contributed by atoms with Crippen molar-refractivity contribution in [2.45, 2.75) is 37.6 Å². The van der Waals surface area contributed by atoms with E-state index in [9.17, 15) is 19.5 Å². The van der Waals surface area contributed by atoms with E-state index in [2.05, 4.69) is 34.9 Å². The summed E-state index contributed by atoms with van der Waals surface area (Å²) in [6.07, 6.45) is 2.24. The zero-order chi connectivity index (χ0) is 25.0. The van der Waals surface area contributed by atoms with E-state index in [-0.39, 0.29) is 36.8 Å². The Morgan fingerprint density at radius 1 is 1.06 bits per heavy atom. The molecule has 2 aromatic carbocycles. The zero-order valence-corrected chi connectivity index (χ0v) is 20.3. The van der Waals surface area contributed by atoms with E-state index in [1.807, 2.05) is 24.3 Å². The first-order chi connectivity index (χ1) is 16.8. The number of hydrogen-bond acceptors (Lipinski definition) is 5. The van der Waals surface area contributed by atoms with Gasteiger partial charge in [-0.1, -0.05) is 55.0 Å². The number of aliphatic carboxylic acids is 1. The third-order valence-electron chi connectivity index (χ3n) is 7.08. The molecule has 8 heteroatoms. The summed E-state index contributed by atoms with van der Waals surface area (Å²) in [5.74, 6) is -1.39. The molecule has 2 aliphatic carbocycles. The number of carbonyl (C=O) groups excluding carboxylic acids is 2. The Morgan fingerprint density at radius 2 is 1.66 bits per heavy atom. The smallest absolute Gasteiger partial charge is 0.407 e. The Hall–Kier alpha value is -3.39. The number of likely N-dealkylation sites (N-methyl/N-ethyl adjacent to an activating group) is 1. The van der Waals surface area contributed by atoms with Crippen molar-refractivity contribution in [2.75, 3.05) is 33.8 Å². The number of amides is 2. The van der Waals surface area contributed by atoms with Gasteiger partial charge in [0.25, 0.3) is 0 Å². The summed E-state index contributed by atoms with van der Waals surface area (Å²) in [7, 11) is 3.52. The quantitative estimate of drug-likeness (QED) is 0.483. The van der Waals surface area contributed by atoms with Crippen molar-refractivity contribution < 1.29 is 24.2 Å². The topological polar surface area (TPSA) is 108 Å². The van der Waals surface area contributed by atoms with Gasteiger partial charge >= 0.3 is 12.1 Å². The van der Waals surface area contributed by atoms with Crippen molar-refractivity contribution in [3.63, 3.8) is 0 Å². The second kappa shape index (κ2) is 10.5. The van der Waals surface area contributed by atoms with Crippen LogP contribution in [0.25, 0.3) is 11.1 Å². The van der Waals surface area contributed by atoms with E-state index in [1.54, 1.807) is 19.0 Å². The lowest BCUT2D eigenvalue weighted by Gasteiger charge is -2.41. The van der Waals surface area contributed by atoms with Crippen LogP contribution < -0.4 is 10.6 Å². The molecule has 35 heavy (non-hydrogen) atoms. The summed E-state index contributed by atoms with van der Waals surface area (Å²) in [5, 5.41) is 14.8. The summed E-state index contributed by atoms with van der Waals surface area (Å²) >= 11 is 0. The first kappa shape index (κ1) is 24.7. The maximum atomic E-state index is 12.6. The van der Waals surface area contributed by atoms with Gasteiger partial charge in [0, 0.05) is 25.4 Å². The molecule has 8 nitrogen and oxygen atoms in total. The van der Waals surface area contributed by atoms with Crippen LogP contribution in [0, 0.1) is 5.41 Å². The molecule has 0 aromatic heterocycles. The molecule has 1 fully saturated rings. The molecule has 4 rings (SSSR count). The van der Waals surface area contributed by atoms with E-state index >= 15 is 0 Å². The lowest BCUT2D eigenvalue weighted by molar-refractivity contribution is -0.142. The largest absolute Gasteiger partial charge is 0.480 e. The predicted octanol–water partition coefficient (Wildman–Crippen LogP) is 3.22. The number of carboxylic acids is 1. The summed E-state index contributed by atoms with van der Waals surface area (Å²) in [5.41, 5.74) is 4.28. The van der Waals surface area contributed by atoms with Gasteiger partial charge in [0.15, 0.2) is 0 Å². The average Bonchev–Trinajstić information content (AvgIpc) is 3.12. The van der Waals surface area contributed by atoms with Crippen LogP contribution in [0.5, 0.6) is 0 Å². The van der Waals surface area contributed by atoms with Crippen LogP contribution in [0.1, 0.15) is 42.7 Å². The van der Waals surface area contributed by atoms with Gasteiger partial charge in [-0.15, -0.1) is 0 Å². The van der Waals surface area contributed by atoms with Crippen LogP contribution in [-0.4, -0.2) is 67.8 Å². The fraction of sp³-hybridized carbons (Fsp3) is 0.444. The molecule has 2 aromatic rings. The molecule has 2 amide bonds. The van der Waals surface area contributed by atoms with E-state index in [0.29, 0.717) is 6.54 Å². The number of nitrogens with zero attached hydrogens (tertiary/aromatic N) is 1. The molecule has 2 aliphatic rings. The molecule has 0 spiro atoms. The van der Waals surface area contributed by atoms with Gasteiger partial charge in [-0.3, -0.25) is 4.79 Å². The molecular weight excluding hydrogens is 446 g/mol. The van der Waals surface area contributed by atoms with Crippen molar-refractivity contribution in [2.24, 2.45) is 5.41 Å². The highest BCUT2D eigenvalue weighted by molar-refractivity contribution is 5.84. The molecule has 0 saturated heterocycles. The third kappa shape index (κ3) is 5.65. The van der Waals surface area contributed by atoms with Crippen molar-refractivity contribution in [1.82, 2.24) is 15.5 Å². The van der Waals surface area contributed by atoms with Crippen molar-refractivity contribution in [3.8, 4) is 11.1 Å². The minimum atomic E-state index is -1.06. The van der Waals surface area contributed by atoms with Crippen molar-refractivity contribution >= 4 is 18.0 Å². The van der Waals surface area contributed by atoms with Crippen LogP contribution in [0.15, 0.2) is 48.5 Å². The monoisotopic (exact) mass is 479 g/mol. The first-order valence-electron chi connectivity index (χ1n) is 12.0. The van der Waals surface area contributed by atoms with Crippen LogP contribution in [-0.2, 0) is 14.3 Å². The predicted molar refractivity (Wildman–Crippen MR) is 132 cm³/mol. The Morgan fingerprint density at radius 3 is 2.17 bits per heavy atom. The highest BCUT2D eigenvalue weighted by atomic mass is 16.5. The fourth-order valence-electron chi connectivity index (χ4n) is 5.14. The van der Waals surface area contributed by atoms with Gasteiger partial charge in [0.1, 0.15) is 12.6 Å². The first-order valence-corrected chi connectivity index (χ1v) is 12.0. The van der Waals surface area contributed by atoms with Crippen LogP contribution >= 0.6 is 0 Å². The van der Waals surface area contributed by atoms with Gasteiger partial charge in [-0.05, 0) is 54.6 Å². The van der Waals surface area contributed by atoms with Gasteiger partial charge in [-0.2, -0.15) is 0 Å². The molecule has 0 bridgehead atoms. The number of rotatable bonds is 10. The minimum absolute atomic E-state index is 0.0127. The molecule has 1 saturated carbocycles. The number of benzene rings is 2. The number of carbonyl (C=O) groups is 3. The SMILES string of the molecule is CN(C)C[C@H](NC(=O)CC1(CNC(=O)OCC2c3ccccc3-c3ccccc32)CCC1)C(=O)O. The number of fused-ring (bicyclic) bond motifs is 3. The van der Waals surface area contributed by atoms with E-state index in [0.717, 1.165) is 30.4 Å². The van der Waals surface area contributed by atoms with Crippen molar-refractivity contribution in [3.05, 3.63) is 59.7 Å². The summed E-state index contributed by atoms with van der Waals surface area (Å²) in [6, 6.07) is 15.4. The standard InChI is InChI=1S/C27H33N3O5/c1-30(2)15-23(25(32)33)29-24(31)14-27(12-7-13-27)17-28-26(34)35-16-22-20-10-5-3-8-18(20)19-9-4-6-11-21(19)22/h3-6,8-11,22-23H,7,12-17H2,1-2H3,(H,28,34)(H,29,31)(H,32,33)/t23-/m0/s1. The van der Waals surface area contributed by atoms with Gasteiger partial charge < -0.3 is 25.4 Å². The third-order valence-corrected chi connectivity index (χ3v) is 7.08. The average molecular weight is 480 g/mol. The van der Waals surface area contributed by atoms with Crippen molar-refractivity contribution in [1.29, 1.82) is 0 Å². The van der Waals surface area contributed by atoms with Crippen LogP contribution in [0.3, 0.4) is 0 Å². The number of ether oxygens (including phenoxy) is 1. The number of nitrogens with one attached hydrogen (secondary N) is 2. The fourth-order valence-corrected chi connectivity index (χ4v) is 5.14. The van der Waals surface area contributed by atoms with Gasteiger partial charge in [0.2, 0.25) is 5.91 Å².